The molecule has 0 spiro atoms. The Labute approximate surface area is 112 Å². The molecule has 1 aromatic carbocycles. The monoisotopic (exact) mass is 291 g/mol. The van der Waals surface area contributed by atoms with Crippen molar-refractivity contribution in [2.24, 2.45) is 5.92 Å². The first-order chi connectivity index (χ1) is 7.90. The molecule has 1 saturated carbocycles. The zero-order valence-electron chi connectivity index (χ0n) is 9.07. The Hall–Kier alpha value is -0.580. The molecule has 17 heavy (non-hydrogen) atoms. The number of carbonyl (C=O) groups is 1. The lowest BCUT2D eigenvalue weighted by molar-refractivity contribution is -0.117. The van der Waals surface area contributed by atoms with Crippen LogP contribution in [0.2, 0.25) is 0 Å². The van der Waals surface area contributed by atoms with E-state index in [9.17, 15) is 9.00 Å². The van der Waals surface area contributed by atoms with Crippen LogP contribution in [0.25, 0.3) is 0 Å². The summed E-state index contributed by atoms with van der Waals surface area (Å²) in [5, 5.41) is 2.72. The van der Waals surface area contributed by atoms with Crippen molar-refractivity contribution in [3.63, 3.8) is 0 Å². The van der Waals surface area contributed by atoms with Crippen LogP contribution in [0.4, 0.5) is 5.69 Å². The Morgan fingerprint density at radius 3 is 2.35 bits per heavy atom. The zero-order valence-corrected chi connectivity index (χ0v) is 11.4. The van der Waals surface area contributed by atoms with E-state index in [0.29, 0.717) is 12.1 Å². The molecule has 0 unspecified atom stereocenters. The van der Waals surface area contributed by atoms with Gasteiger partial charge in [0.25, 0.3) is 0 Å². The van der Waals surface area contributed by atoms with Gasteiger partial charge in [-0.05, 0) is 30.7 Å². The van der Waals surface area contributed by atoms with E-state index < -0.39 is 15.1 Å². The van der Waals surface area contributed by atoms with Gasteiger partial charge in [-0.15, -0.1) is 23.2 Å². The molecule has 3 nitrogen and oxygen atoms in total. The third-order valence-electron chi connectivity index (χ3n) is 2.60. The number of benzene rings is 1. The molecule has 0 aliphatic heterocycles. The van der Waals surface area contributed by atoms with Crippen LogP contribution < -0.4 is 5.32 Å². The summed E-state index contributed by atoms with van der Waals surface area (Å²) < 4.78 is 10.3. The third-order valence-corrected chi connectivity index (χ3v) is 4.37. The third kappa shape index (κ3) is 3.00. The summed E-state index contributed by atoms with van der Waals surface area (Å²) in [5.74, 6) is -0.522. The lowest BCUT2D eigenvalue weighted by atomic mass is 10.3. The lowest BCUT2D eigenvalue weighted by Gasteiger charge is -2.05. The maximum atomic E-state index is 11.7. The van der Waals surface area contributed by atoms with E-state index in [1.165, 1.54) is 0 Å². The number of hydrogen-bond acceptors (Lipinski definition) is 2. The van der Waals surface area contributed by atoms with Crippen molar-refractivity contribution in [2.45, 2.75) is 15.6 Å². The summed E-state index contributed by atoms with van der Waals surface area (Å²) in [7, 11) is -1.01. The summed E-state index contributed by atoms with van der Waals surface area (Å²) >= 11 is 11.6. The highest BCUT2D eigenvalue weighted by molar-refractivity contribution is 7.84. The topological polar surface area (TPSA) is 46.2 Å². The molecule has 2 rings (SSSR count). The van der Waals surface area contributed by atoms with Crippen LogP contribution in [0.15, 0.2) is 29.2 Å². The van der Waals surface area contributed by atoms with Gasteiger partial charge < -0.3 is 5.32 Å². The van der Waals surface area contributed by atoms with Gasteiger partial charge in [0.15, 0.2) is 0 Å². The second-order valence-electron chi connectivity index (χ2n) is 3.99. The van der Waals surface area contributed by atoms with Crippen molar-refractivity contribution in [2.75, 3.05) is 11.6 Å². The Morgan fingerprint density at radius 1 is 1.41 bits per heavy atom. The molecule has 1 aliphatic carbocycles. The smallest absolute Gasteiger partial charge is 0.230 e. The van der Waals surface area contributed by atoms with Crippen LogP contribution in [0.5, 0.6) is 0 Å². The maximum Gasteiger partial charge on any atom is 0.230 e. The molecule has 1 fully saturated rings. The molecule has 0 bridgehead atoms. The van der Waals surface area contributed by atoms with Gasteiger partial charge in [0.05, 0.1) is 5.92 Å². The Kier molecular flexibility index (Phi) is 3.48. The molecule has 0 heterocycles. The summed E-state index contributed by atoms with van der Waals surface area (Å²) in [6, 6.07) is 6.85. The minimum atomic E-state index is -1.01. The number of anilines is 1. The molecule has 1 N–H and O–H groups in total. The first-order valence-electron chi connectivity index (χ1n) is 5.02. The number of alkyl halides is 2. The molecular formula is C11H11Cl2NO2S. The maximum absolute atomic E-state index is 11.7. The minimum absolute atomic E-state index is 0.180. The molecule has 0 aromatic heterocycles. The molecule has 0 saturated heterocycles. The van der Waals surface area contributed by atoms with Crippen LogP contribution in [0.1, 0.15) is 6.42 Å². The predicted octanol–water partition coefficient (Wildman–Crippen LogP) is 2.56. The van der Waals surface area contributed by atoms with Gasteiger partial charge in [-0.3, -0.25) is 9.00 Å². The van der Waals surface area contributed by atoms with Crippen LogP contribution in [0, 0.1) is 5.92 Å². The fraction of sp³-hybridized carbons (Fsp3) is 0.364. The number of amides is 1. The van der Waals surface area contributed by atoms with Gasteiger partial charge in [-0.25, -0.2) is 0 Å². The van der Waals surface area contributed by atoms with Crippen LogP contribution in [0.3, 0.4) is 0 Å². The van der Waals surface area contributed by atoms with E-state index in [-0.39, 0.29) is 11.8 Å². The van der Waals surface area contributed by atoms with E-state index in [4.69, 9.17) is 23.2 Å². The van der Waals surface area contributed by atoms with Crippen molar-refractivity contribution in [3.05, 3.63) is 24.3 Å². The summed E-state index contributed by atoms with van der Waals surface area (Å²) in [5.41, 5.74) is 0.653. The second-order valence-corrected chi connectivity index (χ2v) is 6.91. The van der Waals surface area contributed by atoms with Crippen LogP contribution in [-0.2, 0) is 15.6 Å². The number of hydrogen-bond donors (Lipinski definition) is 1. The quantitative estimate of drug-likeness (QED) is 0.870. The molecule has 0 radical (unpaired) electrons. The largest absolute Gasteiger partial charge is 0.326 e. The van der Waals surface area contributed by atoms with E-state index in [2.05, 4.69) is 5.32 Å². The number of rotatable bonds is 3. The highest BCUT2D eigenvalue weighted by Crippen LogP contribution is 2.53. The molecule has 1 amide bonds. The van der Waals surface area contributed by atoms with Gasteiger partial charge in [0.1, 0.15) is 4.33 Å². The van der Waals surface area contributed by atoms with E-state index in [1.54, 1.807) is 30.5 Å². The van der Waals surface area contributed by atoms with Crippen LogP contribution in [-0.4, -0.2) is 20.7 Å². The first kappa shape index (κ1) is 12.9. The Balaban J connectivity index is 2.00. The molecule has 1 aliphatic rings. The normalized spacial score (nSPS) is 22.9. The average Bonchev–Trinajstić information content (AvgIpc) is 2.89. The number of nitrogens with one attached hydrogen (secondary N) is 1. The molecule has 2 atom stereocenters. The van der Waals surface area contributed by atoms with Gasteiger partial charge in [0, 0.05) is 27.6 Å². The van der Waals surface area contributed by atoms with Gasteiger partial charge in [-0.1, -0.05) is 0 Å². The SMILES string of the molecule is C[S@@](=O)c1ccc(NC(=O)[C@@H]2CC2(Cl)Cl)cc1. The highest BCUT2D eigenvalue weighted by atomic mass is 35.5. The number of carbonyl (C=O) groups excluding carboxylic acids is 1. The lowest BCUT2D eigenvalue weighted by Crippen LogP contribution is -2.16. The predicted molar refractivity (Wildman–Crippen MR) is 69.9 cm³/mol. The van der Waals surface area contributed by atoms with Crippen molar-refractivity contribution in [1.29, 1.82) is 0 Å². The molecular weight excluding hydrogens is 281 g/mol. The molecule has 92 valence electrons. The van der Waals surface area contributed by atoms with Crippen molar-refractivity contribution < 1.29 is 9.00 Å². The van der Waals surface area contributed by atoms with Crippen molar-refractivity contribution in [1.82, 2.24) is 0 Å². The summed E-state index contributed by atoms with van der Waals surface area (Å²) in [6.45, 7) is 0. The van der Waals surface area contributed by atoms with Crippen LogP contribution >= 0.6 is 23.2 Å². The average molecular weight is 292 g/mol. The molecule has 1 aromatic rings. The Bertz CT molecular complexity index is 473. The van der Waals surface area contributed by atoms with Crippen molar-refractivity contribution >= 4 is 45.6 Å². The van der Waals surface area contributed by atoms with Crippen molar-refractivity contribution in [3.8, 4) is 0 Å². The Morgan fingerprint density at radius 2 is 1.94 bits per heavy atom. The second kappa shape index (κ2) is 4.59. The van der Waals surface area contributed by atoms with E-state index in [1.807, 2.05) is 0 Å². The molecule has 6 heteroatoms. The first-order valence-corrected chi connectivity index (χ1v) is 7.34. The summed E-state index contributed by atoms with van der Waals surface area (Å²) in [6.07, 6.45) is 2.09. The van der Waals surface area contributed by atoms with Gasteiger partial charge in [0.2, 0.25) is 5.91 Å². The number of halogens is 2. The highest BCUT2D eigenvalue weighted by Gasteiger charge is 2.56. The van der Waals surface area contributed by atoms with E-state index in [0.717, 1.165) is 4.90 Å². The fourth-order valence-electron chi connectivity index (χ4n) is 1.46. The van der Waals surface area contributed by atoms with E-state index >= 15 is 0 Å². The zero-order chi connectivity index (χ0) is 12.6. The minimum Gasteiger partial charge on any atom is -0.326 e. The standard InChI is InChI=1S/C11H11Cl2NO2S/c1-17(16)8-4-2-7(3-5-8)14-10(15)9-6-11(9,12)13/h2-5,9H,6H2,1H3,(H,14,15)/t9-,17+/m0/s1. The van der Waals surface area contributed by atoms with Gasteiger partial charge >= 0.3 is 0 Å². The van der Waals surface area contributed by atoms with Gasteiger partial charge in [-0.2, -0.15) is 0 Å². The fourth-order valence-corrected chi connectivity index (χ4v) is 2.48. The summed E-state index contributed by atoms with van der Waals surface area (Å²) in [4.78, 5) is 12.4.